The van der Waals surface area contributed by atoms with Crippen LogP contribution in [0.15, 0.2) is 40.0 Å². The molecule has 2 rings (SSSR count). The van der Waals surface area contributed by atoms with Gasteiger partial charge in [-0.1, -0.05) is 34.1 Å². The lowest BCUT2D eigenvalue weighted by Gasteiger charge is -2.34. The van der Waals surface area contributed by atoms with Gasteiger partial charge in [0.25, 0.3) is 0 Å². The first-order valence-corrected chi connectivity index (χ1v) is 7.42. The van der Waals surface area contributed by atoms with Crippen LogP contribution in [0.5, 0.6) is 0 Å². The Balaban J connectivity index is 2.61. The Labute approximate surface area is 136 Å². The molecule has 0 aromatic heterocycles. The van der Waals surface area contributed by atoms with E-state index in [1.54, 1.807) is 32.0 Å². The largest absolute Gasteiger partial charge is 0.449 e. The summed E-state index contributed by atoms with van der Waals surface area (Å²) in [5.74, 6) is 0. The number of nitriles is 1. The van der Waals surface area contributed by atoms with Gasteiger partial charge < -0.3 is 10.1 Å². The number of nitrogens with zero attached hydrogens (tertiary/aromatic N) is 2. The summed E-state index contributed by atoms with van der Waals surface area (Å²) in [5, 5.41) is 12.0. The summed E-state index contributed by atoms with van der Waals surface area (Å²) in [6.07, 6.45) is -0.791. The van der Waals surface area contributed by atoms with Gasteiger partial charge in [0.1, 0.15) is 6.04 Å². The van der Waals surface area contributed by atoms with E-state index in [9.17, 15) is 14.9 Å². The molecule has 22 heavy (non-hydrogen) atoms. The number of benzene rings is 1. The van der Waals surface area contributed by atoms with Crippen LogP contribution in [0, 0.1) is 11.3 Å². The number of rotatable bonds is 2. The van der Waals surface area contributed by atoms with E-state index in [-0.39, 0.29) is 6.61 Å². The van der Waals surface area contributed by atoms with E-state index in [1.807, 2.05) is 6.07 Å². The molecule has 1 unspecified atom stereocenters. The molecule has 3 amide bonds. The molecular weight excluding hydrogens is 350 g/mol. The van der Waals surface area contributed by atoms with Crippen LogP contribution in [0.25, 0.3) is 0 Å². The third-order valence-electron chi connectivity index (χ3n) is 3.23. The average molecular weight is 364 g/mol. The van der Waals surface area contributed by atoms with E-state index >= 15 is 0 Å². The van der Waals surface area contributed by atoms with Gasteiger partial charge in [0.2, 0.25) is 0 Å². The molecule has 6 nitrogen and oxygen atoms in total. The summed E-state index contributed by atoms with van der Waals surface area (Å²) in [6.45, 7) is 3.41. The lowest BCUT2D eigenvalue weighted by atomic mass is 9.95. The highest BCUT2D eigenvalue weighted by Crippen LogP contribution is 2.37. The van der Waals surface area contributed by atoms with Crippen LogP contribution in [0.1, 0.15) is 25.5 Å². The number of ether oxygens (including phenoxy) is 1. The highest BCUT2D eigenvalue weighted by atomic mass is 79.9. The fraction of sp³-hybridized carbons (Fsp3) is 0.267. The molecular formula is C15H14BrN3O3. The second-order valence-corrected chi connectivity index (χ2v) is 5.43. The molecule has 0 radical (unpaired) electrons. The first-order valence-electron chi connectivity index (χ1n) is 6.63. The molecule has 114 valence electrons. The molecule has 0 saturated heterocycles. The number of allylic oxidation sites excluding steroid dienone is 1. The maximum absolute atomic E-state index is 12.2. The SMILES string of the molecule is CCOC(=O)N1C(=O)NC(C)=C(C#N)C1c1ccccc1Br. The third-order valence-corrected chi connectivity index (χ3v) is 3.96. The molecule has 7 heteroatoms. The Morgan fingerprint density at radius 3 is 2.77 bits per heavy atom. The molecule has 0 bridgehead atoms. The van der Waals surface area contributed by atoms with Crippen molar-refractivity contribution in [1.82, 2.24) is 10.2 Å². The first-order chi connectivity index (χ1) is 10.5. The number of imide groups is 1. The second kappa shape index (κ2) is 6.62. The Morgan fingerprint density at radius 2 is 2.18 bits per heavy atom. The van der Waals surface area contributed by atoms with Gasteiger partial charge in [-0.15, -0.1) is 0 Å². The van der Waals surface area contributed by atoms with Crippen molar-refractivity contribution < 1.29 is 14.3 Å². The molecule has 1 N–H and O–H groups in total. The number of carbonyl (C=O) groups excluding carboxylic acids is 2. The van der Waals surface area contributed by atoms with Crippen LogP contribution in [-0.2, 0) is 4.74 Å². The zero-order chi connectivity index (χ0) is 16.3. The second-order valence-electron chi connectivity index (χ2n) is 4.57. The van der Waals surface area contributed by atoms with Crippen LogP contribution in [0.4, 0.5) is 9.59 Å². The van der Waals surface area contributed by atoms with Crippen molar-refractivity contribution in [2.24, 2.45) is 0 Å². The molecule has 1 aliphatic heterocycles. The Morgan fingerprint density at radius 1 is 1.50 bits per heavy atom. The summed E-state index contributed by atoms with van der Waals surface area (Å²) in [6, 6.07) is 7.76. The van der Waals surface area contributed by atoms with Crippen LogP contribution in [0.3, 0.4) is 0 Å². The highest BCUT2D eigenvalue weighted by molar-refractivity contribution is 9.10. The normalized spacial score (nSPS) is 17.8. The molecule has 0 aliphatic carbocycles. The van der Waals surface area contributed by atoms with Crippen LogP contribution >= 0.6 is 15.9 Å². The zero-order valence-electron chi connectivity index (χ0n) is 12.1. The van der Waals surface area contributed by atoms with Gasteiger partial charge in [0.15, 0.2) is 0 Å². The number of halogens is 1. The topological polar surface area (TPSA) is 82.4 Å². The molecule has 0 fully saturated rings. The predicted molar refractivity (Wildman–Crippen MR) is 82.6 cm³/mol. The molecule has 1 atom stereocenters. The molecule has 1 heterocycles. The van der Waals surface area contributed by atoms with Crippen molar-refractivity contribution in [3.8, 4) is 6.07 Å². The van der Waals surface area contributed by atoms with Gasteiger partial charge in [-0.3, -0.25) is 0 Å². The molecule has 1 aromatic rings. The quantitative estimate of drug-likeness (QED) is 0.871. The number of urea groups is 1. The number of amides is 3. The Bertz CT molecular complexity index is 694. The minimum absolute atomic E-state index is 0.135. The lowest BCUT2D eigenvalue weighted by Crippen LogP contribution is -2.50. The van der Waals surface area contributed by atoms with Crippen molar-refractivity contribution in [1.29, 1.82) is 5.26 Å². The van der Waals surface area contributed by atoms with E-state index in [0.717, 1.165) is 4.90 Å². The van der Waals surface area contributed by atoms with Gasteiger partial charge in [-0.2, -0.15) is 5.26 Å². The first kappa shape index (κ1) is 16.0. The molecule has 0 saturated carbocycles. The van der Waals surface area contributed by atoms with E-state index in [2.05, 4.69) is 27.3 Å². The number of hydrogen-bond acceptors (Lipinski definition) is 4. The Hall–Kier alpha value is -2.33. The average Bonchev–Trinajstić information content (AvgIpc) is 2.47. The zero-order valence-corrected chi connectivity index (χ0v) is 13.7. The highest BCUT2D eigenvalue weighted by Gasteiger charge is 2.40. The summed E-state index contributed by atoms with van der Waals surface area (Å²) >= 11 is 3.40. The molecule has 1 aromatic carbocycles. The third kappa shape index (κ3) is 2.83. The van der Waals surface area contributed by atoms with Crippen molar-refractivity contribution >= 4 is 28.1 Å². The number of hydrogen-bond donors (Lipinski definition) is 1. The van der Waals surface area contributed by atoms with Crippen LogP contribution < -0.4 is 5.32 Å². The van der Waals surface area contributed by atoms with Crippen molar-refractivity contribution in [3.63, 3.8) is 0 Å². The summed E-state index contributed by atoms with van der Waals surface area (Å²) in [5.41, 5.74) is 1.36. The Kier molecular flexibility index (Phi) is 4.83. The summed E-state index contributed by atoms with van der Waals surface area (Å²) in [4.78, 5) is 25.3. The van der Waals surface area contributed by atoms with Gasteiger partial charge in [0, 0.05) is 10.2 Å². The van der Waals surface area contributed by atoms with E-state index in [1.165, 1.54) is 0 Å². The minimum atomic E-state index is -0.826. The smallest absolute Gasteiger partial charge is 0.418 e. The maximum Gasteiger partial charge on any atom is 0.418 e. The van der Waals surface area contributed by atoms with Gasteiger partial charge in [-0.25, -0.2) is 14.5 Å². The van der Waals surface area contributed by atoms with Gasteiger partial charge in [-0.05, 0) is 25.5 Å². The number of nitrogens with one attached hydrogen (secondary N) is 1. The van der Waals surface area contributed by atoms with E-state index < -0.39 is 18.2 Å². The fourth-order valence-electron chi connectivity index (χ4n) is 2.26. The predicted octanol–water partition coefficient (Wildman–Crippen LogP) is 3.47. The van der Waals surface area contributed by atoms with Crippen LogP contribution in [-0.4, -0.2) is 23.6 Å². The van der Waals surface area contributed by atoms with Crippen molar-refractivity contribution in [2.45, 2.75) is 19.9 Å². The number of carbonyl (C=O) groups is 2. The van der Waals surface area contributed by atoms with Crippen LogP contribution in [0.2, 0.25) is 0 Å². The molecule has 1 aliphatic rings. The van der Waals surface area contributed by atoms with E-state index in [0.29, 0.717) is 21.3 Å². The van der Waals surface area contributed by atoms with E-state index in [4.69, 9.17) is 4.74 Å². The van der Waals surface area contributed by atoms with Gasteiger partial charge in [0.05, 0.1) is 18.2 Å². The van der Waals surface area contributed by atoms with Gasteiger partial charge >= 0.3 is 12.1 Å². The van der Waals surface area contributed by atoms with Crippen molar-refractivity contribution in [2.75, 3.05) is 6.61 Å². The molecule has 0 spiro atoms. The lowest BCUT2D eigenvalue weighted by molar-refractivity contribution is 0.104. The fourth-order valence-corrected chi connectivity index (χ4v) is 2.76. The standard InChI is InChI=1S/C15H14BrN3O3/c1-3-22-15(21)19-13(10-6-4-5-7-12(10)16)11(8-17)9(2)18-14(19)20/h4-7,13H,3H2,1-2H3,(H,18,20). The monoisotopic (exact) mass is 363 g/mol. The van der Waals surface area contributed by atoms with Crippen molar-refractivity contribution in [3.05, 3.63) is 45.6 Å². The summed E-state index contributed by atoms with van der Waals surface area (Å²) < 4.78 is 5.65. The minimum Gasteiger partial charge on any atom is -0.449 e. The maximum atomic E-state index is 12.2. The summed E-state index contributed by atoms with van der Waals surface area (Å²) in [7, 11) is 0.